The summed E-state index contributed by atoms with van der Waals surface area (Å²) in [6.45, 7) is 0. The van der Waals surface area contributed by atoms with Crippen molar-refractivity contribution in [2.24, 2.45) is 0 Å². The molecule has 0 unspecified atom stereocenters. The van der Waals surface area contributed by atoms with E-state index in [0.29, 0.717) is 21.6 Å². The third-order valence-electron chi connectivity index (χ3n) is 2.17. The lowest BCUT2D eigenvalue weighted by molar-refractivity contribution is 0.411. The molecule has 0 radical (unpaired) electrons. The number of nitrogens with zero attached hydrogens (tertiary/aromatic N) is 1. The molecule has 0 aliphatic heterocycles. The van der Waals surface area contributed by atoms with Gasteiger partial charge < -0.3 is 4.74 Å². The molecule has 0 aliphatic carbocycles. The van der Waals surface area contributed by atoms with E-state index in [1.807, 2.05) is 6.07 Å². The fraction of sp³-hybridized carbons (Fsp3) is 0.0833. The number of rotatable bonds is 2. The molecule has 2 rings (SSSR count). The minimum absolute atomic E-state index is 0.343. The summed E-state index contributed by atoms with van der Waals surface area (Å²) in [7, 11) is 1.51. The molecule has 0 fully saturated rings. The van der Waals surface area contributed by atoms with Crippen LogP contribution in [0.25, 0.3) is 11.3 Å². The fourth-order valence-corrected chi connectivity index (χ4v) is 1.73. The quantitative estimate of drug-likeness (QED) is 0.784. The molecule has 1 aromatic heterocycles. The van der Waals surface area contributed by atoms with Crippen LogP contribution < -0.4 is 4.74 Å². The first kappa shape index (κ1) is 11.1. The highest BCUT2D eigenvalue weighted by Crippen LogP contribution is 2.25. The highest BCUT2D eigenvalue weighted by molar-refractivity contribution is 9.10. The van der Waals surface area contributed by atoms with Crippen LogP contribution in [0, 0.1) is 5.82 Å². The van der Waals surface area contributed by atoms with E-state index < -0.39 is 0 Å². The minimum Gasteiger partial charge on any atom is -0.497 e. The lowest BCUT2D eigenvalue weighted by Crippen LogP contribution is -1.90. The third kappa shape index (κ3) is 2.22. The molecule has 0 atom stereocenters. The number of benzene rings is 1. The smallest absolute Gasteiger partial charge is 0.136 e. The second kappa shape index (κ2) is 4.61. The first-order valence-corrected chi connectivity index (χ1v) is 5.46. The van der Waals surface area contributed by atoms with Gasteiger partial charge in [0.2, 0.25) is 0 Å². The van der Waals surface area contributed by atoms with Crippen molar-refractivity contribution in [3.63, 3.8) is 0 Å². The Kier molecular flexibility index (Phi) is 3.19. The first-order valence-electron chi connectivity index (χ1n) is 4.67. The van der Waals surface area contributed by atoms with Crippen LogP contribution in [0.4, 0.5) is 4.39 Å². The average molecular weight is 282 g/mol. The van der Waals surface area contributed by atoms with E-state index >= 15 is 0 Å². The molecule has 0 saturated carbocycles. The Morgan fingerprint density at radius 2 is 2.06 bits per heavy atom. The van der Waals surface area contributed by atoms with Crippen molar-refractivity contribution in [2.45, 2.75) is 0 Å². The summed E-state index contributed by atoms with van der Waals surface area (Å²) >= 11 is 3.25. The molecule has 0 aliphatic rings. The maximum atomic E-state index is 13.7. The minimum atomic E-state index is -0.343. The monoisotopic (exact) mass is 281 g/mol. The third-order valence-corrected chi connectivity index (χ3v) is 2.61. The number of methoxy groups -OCH3 is 1. The molecule has 0 amide bonds. The van der Waals surface area contributed by atoms with Gasteiger partial charge in [0.25, 0.3) is 0 Å². The number of pyridine rings is 1. The molecular weight excluding hydrogens is 273 g/mol. The lowest BCUT2D eigenvalue weighted by Gasteiger charge is -2.05. The van der Waals surface area contributed by atoms with E-state index in [2.05, 4.69) is 20.9 Å². The van der Waals surface area contributed by atoms with Crippen molar-refractivity contribution in [3.8, 4) is 17.0 Å². The molecule has 0 N–H and O–H groups in total. The zero-order chi connectivity index (χ0) is 11.5. The summed E-state index contributed by atoms with van der Waals surface area (Å²) in [6.07, 6.45) is 0. The topological polar surface area (TPSA) is 22.1 Å². The Balaban J connectivity index is 2.48. The summed E-state index contributed by atoms with van der Waals surface area (Å²) in [4.78, 5) is 4.20. The van der Waals surface area contributed by atoms with Gasteiger partial charge in [0, 0.05) is 11.6 Å². The van der Waals surface area contributed by atoms with E-state index in [0.717, 1.165) is 0 Å². The summed E-state index contributed by atoms with van der Waals surface area (Å²) in [5.74, 6) is 0.154. The van der Waals surface area contributed by atoms with Crippen LogP contribution in [0.2, 0.25) is 0 Å². The Morgan fingerprint density at radius 1 is 1.25 bits per heavy atom. The molecule has 16 heavy (non-hydrogen) atoms. The maximum absolute atomic E-state index is 13.7. The van der Waals surface area contributed by atoms with Gasteiger partial charge in [-0.15, -0.1) is 0 Å². The predicted molar refractivity (Wildman–Crippen MR) is 63.9 cm³/mol. The van der Waals surface area contributed by atoms with Gasteiger partial charge in [-0.25, -0.2) is 9.37 Å². The zero-order valence-electron chi connectivity index (χ0n) is 8.58. The summed E-state index contributed by atoms with van der Waals surface area (Å²) in [5, 5.41) is 0. The fourth-order valence-electron chi connectivity index (χ4n) is 1.39. The molecule has 0 saturated heterocycles. The van der Waals surface area contributed by atoms with Crippen LogP contribution in [0.3, 0.4) is 0 Å². The SMILES string of the molecule is COc1ccc(-c2cccc(Br)n2)c(F)c1. The van der Waals surface area contributed by atoms with Gasteiger partial charge in [-0.05, 0) is 40.2 Å². The highest BCUT2D eigenvalue weighted by atomic mass is 79.9. The standard InChI is InChI=1S/C12H9BrFNO/c1-16-8-5-6-9(10(14)7-8)11-3-2-4-12(13)15-11/h2-7H,1H3. The van der Waals surface area contributed by atoms with Crippen molar-refractivity contribution in [1.29, 1.82) is 0 Å². The highest BCUT2D eigenvalue weighted by Gasteiger charge is 2.07. The largest absolute Gasteiger partial charge is 0.497 e. The average Bonchev–Trinajstić information content (AvgIpc) is 2.28. The number of hydrogen-bond donors (Lipinski definition) is 0. The number of halogens is 2. The van der Waals surface area contributed by atoms with Crippen molar-refractivity contribution < 1.29 is 9.13 Å². The van der Waals surface area contributed by atoms with Crippen molar-refractivity contribution in [1.82, 2.24) is 4.98 Å². The van der Waals surface area contributed by atoms with E-state index in [-0.39, 0.29) is 5.82 Å². The van der Waals surface area contributed by atoms with Crippen LogP contribution in [0.1, 0.15) is 0 Å². The molecule has 2 nitrogen and oxygen atoms in total. The van der Waals surface area contributed by atoms with Gasteiger partial charge in [-0.1, -0.05) is 6.07 Å². The lowest BCUT2D eigenvalue weighted by atomic mass is 10.1. The Hall–Kier alpha value is -1.42. The van der Waals surface area contributed by atoms with Gasteiger partial charge >= 0.3 is 0 Å². The summed E-state index contributed by atoms with van der Waals surface area (Å²) in [5.41, 5.74) is 1.05. The van der Waals surface area contributed by atoms with Gasteiger partial charge in [0.15, 0.2) is 0 Å². The van der Waals surface area contributed by atoms with E-state index in [1.165, 1.54) is 13.2 Å². The Morgan fingerprint density at radius 3 is 2.69 bits per heavy atom. The summed E-state index contributed by atoms with van der Waals surface area (Å²) < 4.78 is 19.3. The number of ether oxygens (including phenoxy) is 1. The Labute approximate surface area is 101 Å². The number of hydrogen-bond acceptors (Lipinski definition) is 2. The second-order valence-corrected chi connectivity index (χ2v) is 4.00. The molecule has 1 heterocycles. The molecule has 4 heteroatoms. The van der Waals surface area contributed by atoms with Crippen molar-refractivity contribution >= 4 is 15.9 Å². The van der Waals surface area contributed by atoms with Crippen LogP contribution in [-0.4, -0.2) is 12.1 Å². The normalized spacial score (nSPS) is 10.2. The van der Waals surface area contributed by atoms with Crippen LogP contribution in [0.5, 0.6) is 5.75 Å². The van der Waals surface area contributed by atoms with Gasteiger partial charge in [0.05, 0.1) is 12.8 Å². The van der Waals surface area contributed by atoms with Gasteiger partial charge in [0.1, 0.15) is 16.2 Å². The van der Waals surface area contributed by atoms with E-state index in [1.54, 1.807) is 24.3 Å². The van der Waals surface area contributed by atoms with Crippen molar-refractivity contribution in [2.75, 3.05) is 7.11 Å². The molecule has 0 bridgehead atoms. The molecule has 2 aromatic rings. The van der Waals surface area contributed by atoms with E-state index in [4.69, 9.17) is 4.74 Å². The van der Waals surface area contributed by atoms with Gasteiger partial charge in [-0.3, -0.25) is 0 Å². The molecular formula is C12H9BrFNO. The summed E-state index contributed by atoms with van der Waals surface area (Å²) in [6, 6.07) is 10.1. The van der Waals surface area contributed by atoms with Crippen LogP contribution in [0.15, 0.2) is 41.0 Å². The Bertz CT molecular complexity index is 516. The van der Waals surface area contributed by atoms with Crippen LogP contribution >= 0.6 is 15.9 Å². The number of aromatic nitrogens is 1. The van der Waals surface area contributed by atoms with Gasteiger partial charge in [-0.2, -0.15) is 0 Å². The zero-order valence-corrected chi connectivity index (χ0v) is 10.2. The molecule has 0 spiro atoms. The molecule has 1 aromatic carbocycles. The molecule has 82 valence electrons. The maximum Gasteiger partial charge on any atom is 0.136 e. The van der Waals surface area contributed by atoms with Crippen molar-refractivity contribution in [3.05, 3.63) is 46.8 Å². The first-order chi connectivity index (χ1) is 7.70. The second-order valence-electron chi connectivity index (χ2n) is 3.19. The van der Waals surface area contributed by atoms with E-state index in [9.17, 15) is 4.39 Å². The van der Waals surface area contributed by atoms with Crippen LogP contribution in [-0.2, 0) is 0 Å². The predicted octanol–water partition coefficient (Wildman–Crippen LogP) is 3.66.